The Morgan fingerprint density at radius 2 is 1.87 bits per heavy atom. The van der Waals surface area contributed by atoms with Crippen LogP contribution in [0.1, 0.15) is 17.4 Å². The molecule has 0 fully saturated rings. The van der Waals surface area contributed by atoms with Gasteiger partial charge in [-0.1, -0.05) is 30.3 Å². The summed E-state index contributed by atoms with van der Waals surface area (Å²) in [5.74, 6) is 0.258. The molecule has 0 bridgehead atoms. The van der Waals surface area contributed by atoms with Gasteiger partial charge in [0, 0.05) is 12.1 Å². The smallest absolute Gasteiger partial charge is 0.185 e. The number of aliphatic hydroxyl groups is 1. The summed E-state index contributed by atoms with van der Waals surface area (Å²) in [6, 6.07) is 11.6. The molecule has 2 aromatic rings. The van der Waals surface area contributed by atoms with Gasteiger partial charge in [-0.15, -0.1) is 0 Å². The molecule has 0 spiro atoms. The van der Waals surface area contributed by atoms with Crippen LogP contribution in [0.5, 0.6) is 0 Å². The Balaban J connectivity index is 2.37. The van der Waals surface area contributed by atoms with E-state index in [-0.39, 0.29) is 11.2 Å². The summed E-state index contributed by atoms with van der Waals surface area (Å²) in [4.78, 5) is 11.1. The molecule has 0 saturated carbocycles. The topological polar surface area (TPSA) is 50.4 Å². The van der Waals surface area contributed by atoms with Crippen LogP contribution in [0.15, 0.2) is 57.9 Å². The Kier molecular flexibility index (Phi) is 2.65. The standard InChI is InChI=1S/C12H10O3/c13-10-6-7-15-11(8-10)12(14)9-4-2-1-3-5-9/h1-8,12,14H. The molecule has 76 valence electrons. The Labute approximate surface area is 86.6 Å². The third kappa shape index (κ3) is 2.14. The summed E-state index contributed by atoms with van der Waals surface area (Å²) in [7, 11) is 0. The molecule has 0 aliphatic rings. The molecule has 15 heavy (non-hydrogen) atoms. The molecule has 3 heteroatoms. The van der Waals surface area contributed by atoms with Gasteiger partial charge in [0.15, 0.2) is 5.43 Å². The van der Waals surface area contributed by atoms with Crippen LogP contribution in [-0.4, -0.2) is 5.11 Å². The van der Waals surface area contributed by atoms with Crippen LogP contribution >= 0.6 is 0 Å². The van der Waals surface area contributed by atoms with E-state index in [0.717, 1.165) is 0 Å². The number of hydrogen-bond acceptors (Lipinski definition) is 3. The van der Waals surface area contributed by atoms with Gasteiger partial charge in [0.1, 0.15) is 11.9 Å². The lowest BCUT2D eigenvalue weighted by atomic mass is 10.1. The molecule has 0 saturated heterocycles. The minimum atomic E-state index is -0.889. The third-order valence-corrected chi connectivity index (χ3v) is 2.11. The Morgan fingerprint density at radius 3 is 2.53 bits per heavy atom. The van der Waals surface area contributed by atoms with Crippen LogP contribution in [-0.2, 0) is 0 Å². The van der Waals surface area contributed by atoms with E-state index in [0.29, 0.717) is 5.56 Å². The zero-order valence-electron chi connectivity index (χ0n) is 7.96. The molecule has 1 atom stereocenters. The van der Waals surface area contributed by atoms with Crippen molar-refractivity contribution in [1.82, 2.24) is 0 Å². The Hall–Kier alpha value is -1.87. The summed E-state index contributed by atoms with van der Waals surface area (Å²) in [6.07, 6.45) is 0.393. The van der Waals surface area contributed by atoms with E-state index in [2.05, 4.69) is 0 Å². The summed E-state index contributed by atoms with van der Waals surface area (Å²) in [6.45, 7) is 0. The highest BCUT2D eigenvalue weighted by Crippen LogP contribution is 2.19. The molecule has 1 unspecified atom stereocenters. The van der Waals surface area contributed by atoms with Crippen molar-refractivity contribution in [2.24, 2.45) is 0 Å². The van der Waals surface area contributed by atoms with Crippen LogP contribution in [0.25, 0.3) is 0 Å². The molecule has 0 aliphatic carbocycles. The van der Waals surface area contributed by atoms with Crippen LogP contribution in [0.4, 0.5) is 0 Å². The first-order chi connectivity index (χ1) is 7.27. The Morgan fingerprint density at radius 1 is 1.13 bits per heavy atom. The van der Waals surface area contributed by atoms with Gasteiger partial charge >= 0.3 is 0 Å². The van der Waals surface area contributed by atoms with Crippen molar-refractivity contribution in [2.75, 3.05) is 0 Å². The normalized spacial score (nSPS) is 12.3. The lowest BCUT2D eigenvalue weighted by Crippen LogP contribution is -2.04. The van der Waals surface area contributed by atoms with Gasteiger partial charge in [-0.2, -0.15) is 0 Å². The molecule has 1 aromatic carbocycles. The quantitative estimate of drug-likeness (QED) is 0.806. The lowest BCUT2D eigenvalue weighted by molar-refractivity contribution is 0.186. The monoisotopic (exact) mass is 202 g/mol. The predicted molar refractivity (Wildman–Crippen MR) is 55.5 cm³/mol. The fraction of sp³-hybridized carbons (Fsp3) is 0.0833. The molecule has 2 rings (SSSR count). The summed E-state index contributed by atoms with van der Waals surface area (Å²) < 4.78 is 5.07. The van der Waals surface area contributed by atoms with Crippen molar-refractivity contribution < 1.29 is 9.52 Å². The van der Waals surface area contributed by atoms with Gasteiger partial charge in [-0.3, -0.25) is 4.79 Å². The number of benzene rings is 1. The van der Waals surface area contributed by atoms with Crippen LogP contribution < -0.4 is 5.43 Å². The largest absolute Gasteiger partial charge is 0.466 e. The average Bonchev–Trinajstić information content (AvgIpc) is 2.29. The van der Waals surface area contributed by atoms with Crippen LogP contribution in [0.3, 0.4) is 0 Å². The minimum absolute atomic E-state index is 0.175. The zero-order chi connectivity index (χ0) is 10.7. The second-order valence-corrected chi connectivity index (χ2v) is 3.18. The fourth-order valence-corrected chi connectivity index (χ4v) is 1.34. The van der Waals surface area contributed by atoms with Crippen molar-refractivity contribution in [1.29, 1.82) is 0 Å². The van der Waals surface area contributed by atoms with E-state index in [4.69, 9.17) is 4.42 Å². The highest BCUT2D eigenvalue weighted by Gasteiger charge is 2.12. The molecule has 1 heterocycles. The maximum Gasteiger partial charge on any atom is 0.185 e. The highest BCUT2D eigenvalue weighted by molar-refractivity contribution is 5.23. The van der Waals surface area contributed by atoms with E-state index in [1.165, 1.54) is 18.4 Å². The second kappa shape index (κ2) is 4.11. The SMILES string of the molecule is O=c1ccoc(C(O)c2ccccc2)c1. The van der Waals surface area contributed by atoms with Crippen molar-refractivity contribution in [3.63, 3.8) is 0 Å². The van der Waals surface area contributed by atoms with E-state index in [1.54, 1.807) is 12.1 Å². The average molecular weight is 202 g/mol. The van der Waals surface area contributed by atoms with Crippen LogP contribution in [0, 0.1) is 0 Å². The molecule has 1 aromatic heterocycles. The fourth-order valence-electron chi connectivity index (χ4n) is 1.34. The second-order valence-electron chi connectivity index (χ2n) is 3.18. The molecular weight excluding hydrogens is 192 g/mol. The first kappa shape index (κ1) is 9.68. The number of rotatable bonds is 2. The first-order valence-electron chi connectivity index (χ1n) is 4.59. The molecule has 1 N–H and O–H groups in total. The molecule has 0 radical (unpaired) electrons. The Bertz CT molecular complexity index is 487. The van der Waals surface area contributed by atoms with Gasteiger partial charge in [0.2, 0.25) is 0 Å². The summed E-state index contributed by atoms with van der Waals surface area (Å²) in [5, 5.41) is 9.88. The number of aliphatic hydroxyl groups excluding tert-OH is 1. The van der Waals surface area contributed by atoms with Crippen molar-refractivity contribution in [3.05, 3.63) is 70.3 Å². The maximum absolute atomic E-state index is 11.1. The molecule has 0 aliphatic heterocycles. The van der Waals surface area contributed by atoms with Crippen LogP contribution in [0.2, 0.25) is 0 Å². The van der Waals surface area contributed by atoms with Gasteiger partial charge in [-0.05, 0) is 5.56 Å². The van der Waals surface area contributed by atoms with E-state index in [1.807, 2.05) is 18.2 Å². The van der Waals surface area contributed by atoms with E-state index >= 15 is 0 Å². The minimum Gasteiger partial charge on any atom is -0.466 e. The summed E-state index contributed by atoms with van der Waals surface area (Å²) >= 11 is 0. The molecular formula is C12H10O3. The van der Waals surface area contributed by atoms with Gasteiger partial charge in [0.05, 0.1) is 6.26 Å². The van der Waals surface area contributed by atoms with Gasteiger partial charge in [-0.25, -0.2) is 0 Å². The van der Waals surface area contributed by atoms with Crippen molar-refractivity contribution >= 4 is 0 Å². The zero-order valence-corrected chi connectivity index (χ0v) is 7.96. The summed E-state index contributed by atoms with van der Waals surface area (Å²) in [5.41, 5.74) is 0.526. The van der Waals surface area contributed by atoms with E-state index < -0.39 is 6.10 Å². The van der Waals surface area contributed by atoms with Gasteiger partial charge < -0.3 is 9.52 Å². The third-order valence-electron chi connectivity index (χ3n) is 2.11. The maximum atomic E-state index is 11.1. The van der Waals surface area contributed by atoms with Crippen molar-refractivity contribution in [3.8, 4) is 0 Å². The lowest BCUT2D eigenvalue weighted by Gasteiger charge is -2.08. The molecule has 3 nitrogen and oxygen atoms in total. The van der Waals surface area contributed by atoms with Crippen molar-refractivity contribution in [2.45, 2.75) is 6.10 Å². The van der Waals surface area contributed by atoms with Gasteiger partial charge in [0.25, 0.3) is 0 Å². The highest BCUT2D eigenvalue weighted by atomic mass is 16.4. The van der Waals surface area contributed by atoms with E-state index in [9.17, 15) is 9.90 Å². The predicted octanol–water partition coefficient (Wildman–Crippen LogP) is 1.72. The molecule has 0 amide bonds. The number of hydrogen-bond donors (Lipinski definition) is 1. The first-order valence-corrected chi connectivity index (χ1v) is 4.59.